The molecule has 0 amide bonds. The van der Waals surface area contributed by atoms with Gasteiger partial charge in [0.2, 0.25) is 0 Å². The van der Waals surface area contributed by atoms with Gasteiger partial charge in [0.05, 0.1) is 0 Å². The van der Waals surface area contributed by atoms with E-state index in [1.807, 2.05) is 0 Å². The zero-order valence-corrected chi connectivity index (χ0v) is 11.7. The van der Waals surface area contributed by atoms with Crippen LogP contribution in [0.5, 0.6) is 0 Å². The third-order valence-electron chi connectivity index (χ3n) is 1.84. The number of hydrogen-bond donors (Lipinski definition) is 0. The molecule has 0 aromatic heterocycles. The van der Waals surface area contributed by atoms with Gasteiger partial charge in [0.15, 0.2) is 0 Å². The summed E-state index contributed by atoms with van der Waals surface area (Å²) in [5.41, 5.74) is 0.403. The predicted molar refractivity (Wildman–Crippen MR) is 61.3 cm³/mol. The molecular formula is C9H7Cl2NO4Ru. The number of nitro benzene ring substituents is 1. The van der Waals surface area contributed by atoms with Crippen molar-refractivity contribution < 1.29 is 28.0 Å². The predicted octanol–water partition coefficient (Wildman–Crippen LogP) is 2.46. The van der Waals surface area contributed by atoms with Crippen molar-refractivity contribution >= 4 is 35.6 Å². The first-order valence-corrected chi connectivity index (χ1v) is 9.63. The Morgan fingerprint density at radius 2 is 2.18 bits per heavy atom. The second-order valence-corrected chi connectivity index (χ2v) is 8.55. The Balaban J connectivity index is 3.36. The number of nitro groups is 1. The molecule has 0 aliphatic rings. The van der Waals surface area contributed by atoms with Gasteiger partial charge in [0, 0.05) is 0 Å². The molecule has 0 bridgehead atoms. The van der Waals surface area contributed by atoms with E-state index in [1.165, 1.54) is 29.9 Å². The van der Waals surface area contributed by atoms with E-state index in [2.05, 4.69) is 4.74 Å². The molecule has 0 atom stereocenters. The molecule has 1 aromatic rings. The topological polar surface area (TPSA) is 69.4 Å². The van der Waals surface area contributed by atoms with Gasteiger partial charge >= 0.3 is 110 Å². The number of rotatable bonds is 3. The van der Waals surface area contributed by atoms with Crippen LogP contribution < -0.4 is 0 Å². The third kappa shape index (κ3) is 3.84. The molecule has 0 fully saturated rings. The molecule has 8 heteroatoms. The summed E-state index contributed by atoms with van der Waals surface area (Å²) in [7, 11) is 12.6. The first-order chi connectivity index (χ1) is 7.95. The van der Waals surface area contributed by atoms with E-state index in [4.69, 9.17) is 19.4 Å². The van der Waals surface area contributed by atoms with E-state index in [0.717, 1.165) is 0 Å². The number of nitrogens with zero attached hydrogens (tertiary/aromatic N) is 1. The Labute approximate surface area is 110 Å². The van der Waals surface area contributed by atoms with E-state index in [1.54, 1.807) is 0 Å². The average molecular weight is 365 g/mol. The molecular weight excluding hydrogens is 358 g/mol. The van der Waals surface area contributed by atoms with Crippen LogP contribution in [0, 0.1) is 10.1 Å². The van der Waals surface area contributed by atoms with Gasteiger partial charge in [-0.1, -0.05) is 0 Å². The summed E-state index contributed by atoms with van der Waals surface area (Å²) < 4.78 is 6.02. The van der Waals surface area contributed by atoms with Crippen LogP contribution in [0.25, 0.3) is 0 Å². The minimum absolute atomic E-state index is 0.132. The zero-order valence-electron chi connectivity index (χ0n) is 8.50. The molecule has 17 heavy (non-hydrogen) atoms. The van der Waals surface area contributed by atoms with Crippen LogP contribution in [0.15, 0.2) is 18.2 Å². The molecule has 0 aliphatic heterocycles. The molecule has 5 nitrogen and oxygen atoms in total. The van der Waals surface area contributed by atoms with Crippen molar-refractivity contribution in [2.24, 2.45) is 0 Å². The summed E-state index contributed by atoms with van der Waals surface area (Å²) in [6.07, 6.45) is 0. The molecule has 94 valence electrons. The normalized spacial score (nSPS) is 10.6. The van der Waals surface area contributed by atoms with Gasteiger partial charge in [-0.25, -0.2) is 0 Å². The van der Waals surface area contributed by atoms with Gasteiger partial charge in [-0.15, -0.1) is 0 Å². The molecule has 0 aliphatic carbocycles. The maximum absolute atomic E-state index is 11.4. The zero-order chi connectivity index (χ0) is 13.0. The van der Waals surface area contributed by atoms with Crippen LogP contribution in [0.4, 0.5) is 5.69 Å². The molecule has 0 heterocycles. The molecule has 0 unspecified atom stereocenters. The van der Waals surface area contributed by atoms with E-state index < -0.39 is 24.4 Å². The average Bonchev–Trinajstić information content (AvgIpc) is 2.27. The fourth-order valence-corrected chi connectivity index (χ4v) is 2.93. The summed E-state index contributed by atoms with van der Waals surface area (Å²) in [5.74, 6) is -0.588. The van der Waals surface area contributed by atoms with Crippen molar-refractivity contribution in [3.63, 3.8) is 0 Å². The number of hydrogen-bond acceptors (Lipinski definition) is 4. The van der Waals surface area contributed by atoms with E-state index in [-0.39, 0.29) is 11.3 Å². The molecule has 0 N–H and O–H groups in total. The first-order valence-electron chi connectivity index (χ1n) is 4.15. The van der Waals surface area contributed by atoms with Gasteiger partial charge in [0.25, 0.3) is 0 Å². The minimum atomic E-state index is -2.18. The van der Waals surface area contributed by atoms with Crippen LogP contribution in [-0.4, -0.2) is 22.6 Å². The van der Waals surface area contributed by atoms with Crippen LogP contribution in [0.1, 0.15) is 15.9 Å². The molecule has 0 saturated carbocycles. The van der Waals surface area contributed by atoms with Gasteiger partial charge in [-0.3, -0.25) is 0 Å². The molecule has 1 aromatic carbocycles. The third-order valence-corrected chi connectivity index (χ3v) is 3.67. The number of methoxy groups -OCH3 is 1. The number of non-ortho nitro benzene ring substituents is 1. The summed E-state index contributed by atoms with van der Waals surface area (Å²) in [6, 6.07) is 3.79. The van der Waals surface area contributed by atoms with Crippen molar-refractivity contribution in [3.05, 3.63) is 39.4 Å². The number of carbonyl (C=O) groups is 1. The summed E-state index contributed by atoms with van der Waals surface area (Å²) in [5, 5.41) is 10.6. The van der Waals surface area contributed by atoms with Crippen molar-refractivity contribution in [3.8, 4) is 0 Å². The van der Waals surface area contributed by atoms with Crippen molar-refractivity contribution in [2.45, 2.75) is 0 Å². The summed E-state index contributed by atoms with van der Waals surface area (Å²) >= 11 is -2.18. The maximum atomic E-state index is 11.4. The van der Waals surface area contributed by atoms with Gasteiger partial charge in [-0.2, -0.15) is 0 Å². The molecule has 0 saturated heterocycles. The second-order valence-electron chi connectivity index (χ2n) is 2.83. The Morgan fingerprint density at radius 3 is 2.65 bits per heavy atom. The van der Waals surface area contributed by atoms with E-state index in [9.17, 15) is 14.9 Å². The van der Waals surface area contributed by atoms with Crippen LogP contribution >= 0.6 is 19.4 Å². The number of ether oxygens (including phenoxy) is 1. The first kappa shape index (κ1) is 14.2. The monoisotopic (exact) mass is 365 g/mol. The Morgan fingerprint density at radius 1 is 1.53 bits per heavy atom. The van der Waals surface area contributed by atoms with E-state index in [0.29, 0.717) is 5.56 Å². The SMILES string of the molecule is COC(=O)c1ccc([N+](=O)[O-])cc1[CH]=[Ru]([Cl])[Cl]. The number of esters is 1. The summed E-state index contributed by atoms with van der Waals surface area (Å²) in [4.78, 5) is 21.5. The van der Waals surface area contributed by atoms with Crippen molar-refractivity contribution in [1.29, 1.82) is 0 Å². The van der Waals surface area contributed by atoms with Gasteiger partial charge < -0.3 is 0 Å². The molecule has 0 radical (unpaired) electrons. The molecule has 0 spiro atoms. The summed E-state index contributed by atoms with van der Waals surface area (Å²) in [6.45, 7) is 0. The van der Waals surface area contributed by atoms with Crippen LogP contribution in [-0.2, 0) is 18.3 Å². The number of carbonyl (C=O) groups excluding carboxylic acids is 1. The van der Waals surface area contributed by atoms with Crippen LogP contribution in [0.3, 0.4) is 0 Å². The van der Waals surface area contributed by atoms with Crippen LogP contribution in [0.2, 0.25) is 0 Å². The standard InChI is InChI=1S/C9H7NO4.2ClH.Ru/c1-6-5-7(10(12)13)3-4-8(6)9(11)14-2;;;/h1,3-5H,2H3;2*1H;/q;;;+2/p-2. The van der Waals surface area contributed by atoms with Crippen molar-refractivity contribution in [2.75, 3.05) is 7.11 Å². The Hall–Kier alpha value is -0.837. The fraction of sp³-hybridized carbons (Fsp3) is 0.111. The van der Waals surface area contributed by atoms with E-state index >= 15 is 0 Å². The Bertz CT molecular complexity index is 500. The Kier molecular flexibility index (Phi) is 5.18. The number of benzene rings is 1. The van der Waals surface area contributed by atoms with Crippen molar-refractivity contribution in [1.82, 2.24) is 0 Å². The quantitative estimate of drug-likeness (QED) is 0.357. The van der Waals surface area contributed by atoms with Gasteiger partial charge in [-0.05, 0) is 0 Å². The second kappa shape index (κ2) is 6.19. The molecule has 1 rings (SSSR count). The number of halogens is 2. The van der Waals surface area contributed by atoms with Gasteiger partial charge in [0.1, 0.15) is 0 Å². The fourth-order valence-electron chi connectivity index (χ4n) is 1.13.